The summed E-state index contributed by atoms with van der Waals surface area (Å²) in [6.07, 6.45) is 1.00. The summed E-state index contributed by atoms with van der Waals surface area (Å²) in [5.74, 6) is 0.542. The Balaban J connectivity index is 1.80. The van der Waals surface area contributed by atoms with Gasteiger partial charge in [0.2, 0.25) is 0 Å². The predicted octanol–water partition coefficient (Wildman–Crippen LogP) is 3.23. The van der Waals surface area contributed by atoms with Gasteiger partial charge in [-0.2, -0.15) is 0 Å². The molecule has 0 amide bonds. The minimum atomic E-state index is -0.442. The highest BCUT2D eigenvalue weighted by Gasteiger charge is 2.15. The number of hydrogen-bond donors (Lipinski definition) is 0. The van der Waals surface area contributed by atoms with Crippen molar-refractivity contribution in [3.05, 3.63) is 41.2 Å². The van der Waals surface area contributed by atoms with Gasteiger partial charge in [-0.1, -0.05) is 22.4 Å². The Morgan fingerprint density at radius 2 is 1.87 bits per heavy atom. The van der Waals surface area contributed by atoms with E-state index in [0.717, 1.165) is 17.0 Å². The maximum Gasteiger partial charge on any atom is 0.306 e. The highest BCUT2D eigenvalue weighted by molar-refractivity contribution is 5.70. The van der Waals surface area contributed by atoms with E-state index < -0.39 is 5.60 Å². The van der Waals surface area contributed by atoms with Gasteiger partial charge in [-0.15, -0.1) is 0 Å². The van der Waals surface area contributed by atoms with Crippen LogP contribution in [0.4, 0.5) is 0 Å². The zero-order valence-corrected chi connectivity index (χ0v) is 14.0. The number of benzene rings is 1. The molecule has 23 heavy (non-hydrogen) atoms. The van der Waals surface area contributed by atoms with Crippen LogP contribution < -0.4 is 4.74 Å². The van der Waals surface area contributed by atoms with Crippen LogP contribution in [0.15, 0.2) is 28.9 Å². The van der Waals surface area contributed by atoms with Crippen molar-refractivity contribution in [1.29, 1.82) is 0 Å². The van der Waals surface area contributed by atoms with E-state index >= 15 is 0 Å². The molecule has 124 valence electrons. The molecule has 0 aliphatic rings. The van der Waals surface area contributed by atoms with Gasteiger partial charge in [0, 0.05) is 6.42 Å². The van der Waals surface area contributed by atoms with Crippen LogP contribution >= 0.6 is 0 Å². The highest BCUT2D eigenvalue weighted by Crippen LogP contribution is 2.16. The Bertz CT molecular complexity index is 641. The first kappa shape index (κ1) is 17.0. The summed E-state index contributed by atoms with van der Waals surface area (Å²) < 4.78 is 15.5. The van der Waals surface area contributed by atoms with E-state index in [-0.39, 0.29) is 5.97 Å². The molecule has 0 unspecified atom stereocenters. The number of carbonyl (C=O) groups is 1. The van der Waals surface area contributed by atoms with Gasteiger partial charge >= 0.3 is 5.97 Å². The van der Waals surface area contributed by atoms with Crippen molar-refractivity contribution in [3.8, 4) is 5.75 Å². The van der Waals surface area contributed by atoms with E-state index in [9.17, 15) is 4.79 Å². The van der Waals surface area contributed by atoms with Crippen LogP contribution in [0.1, 0.15) is 44.1 Å². The van der Waals surface area contributed by atoms with Gasteiger partial charge in [-0.05, 0) is 51.8 Å². The fraction of sp³-hybridized carbons (Fsp3) is 0.471. The average Bonchev–Trinajstić information content (AvgIpc) is 2.87. The van der Waals surface area contributed by atoms with Gasteiger partial charge in [-0.3, -0.25) is 4.79 Å². The predicted molar refractivity (Wildman–Crippen MR) is 84.0 cm³/mol. The molecular weight excluding hydrogens is 296 g/mol. The fourth-order valence-corrected chi connectivity index (χ4v) is 1.92. The van der Waals surface area contributed by atoms with Gasteiger partial charge in [0.1, 0.15) is 29.3 Å². The molecule has 0 saturated carbocycles. The minimum Gasteiger partial charge on any atom is -0.487 e. The lowest BCUT2D eigenvalue weighted by Crippen LogP contribution is -2.23. The fourth-order valence-electron chi connectivity index (χ4n) is 1.92. The van der Waals surface area contributed by atoms with Crippen LogP contribution in [0.2, 0.25) is 0 Å². The second-order valence-electron chi connectivity index (χ2n) is 6.32. The number of ether oxygens (including phenoxy) is 2. The molecule has 1 heterocycles. The maximum absolute atomic E-state index is 11.7. The van der Waals surface area contributed by atoms with E-state index in [4.69, 9.17) is 9.47 Å². The molecule has 2 aromatic rings. The molecule has 0 saturated heterocycles. The van der Waals surface area contributed by atoms with Crippen molar-refractivity contribution in [2.45, 2.75) is 52.7 Å². The van der Waals surface area contributed by atoms with Gasteiger partial charge in [0.25, 0.3) is 0 Å². The van der Waals surface area contributed by atoms with E-state index in [1.165, 1.54) is 0 Å². The summed E-state index contributed by atoms with van der Waals surface area (Å²) in [5.41, 5.74) is 2.02. The molecule has 6 nitrogen and oxygen atoms in total. The van der Waals surface area contributed by atoms with Gasteiger partial charge in [-0.25, -0.2) is 4.63 Å². The van der Waals surface area contributed by atoms with E-state index in [1.807, 2.05) is 52.0 Å². The van der Waals surface area contributed by atoms with Crippen molar-refractivity contribution >= 4 is 5.97 Å². The second kappa shape index (κ2) is 7.26. The third-order valence-corrected chi connectivity index (χ3v) is 3.08. The average molecular weight is 318 g/mol. The van der Waals surface area contributed by atoms with E-state index in [0.29, 0.717) is 25.1 Å². The Labute approximate surface area is 135 Å². The first-order valence-corrected chi connectivity index (χ1v) is 7.55. The molecule has 2 rings (SSSR count). The third-order valence-electron chi connectivity index (χ3n) is 3.08. The van der Waals surface area contributed by atoms with Crippen molar-refractivity contribution in [3.63, 3.8) is 0 Å². The summed E-state index contributed by atoms with van der Waals surface area (Å²) in [5, 5.41) is 7.46. The molecule has 0 aliphatic carbocycles. The van der Waals surface area contributed by atoms with Crippen LogP contribution in [0.5, 0.6) is 5.75 Å². The van der Waals surface area contributed by atoms with Gasteiger partial charge < -0.3 is 9.47 Å². The minimum absolute atomic E-state index is 0.188. The summed E-state index contributed by atoms with van der Waals surface area (Å²) in [4.78, 5) is 11.7. The number of aryl methyl sites for hydroxylation is 2. The summed E-state index contributed by atoms with van der Waals surface area (Å²) in [7, 11) is 0. The molecule has 6 heteroatoms. The number of rotatable bonds is 6. The van der Waals surface area contributed by atoms with Crippen LogP contribution in [0, 0.1) is 6.92 Å². The molecule has 1 aromatic carbocycles. The molecule has 0 N–H and O–H groups in total. The summed E-state index contributed by atoms with van der Waals surface area (Å²) in [6.45, 7) is 7.72. The van der Waals surface area contributed by atoms with Gasteiger partial charge in [0.15, 0.2) is 0 Å². The molecular formula is C17H22N2O4. The molecule has 0 aliphatic heterocycles. The zero-order chi connectivity index (χ0) is 16.9. The highest BCUT2D eigenvalue weighted by atomic mass is 16.6. The van der Waals surface area contributed by atoms with Crippen molar-refractivity contribution in [1.82, 2.24) is 10.3 Å². The molecule has 0 fully saturated rings. The maximum atomic E-state index is 11.7. The van der Waals surface area contributed by atoms with Crippen molar-refractivity contribution in [2.24, 2.45) is 0 Å². The third kappa shape index (κ3) is 5.73. The number of hydrogen-bond acceptors (Lipinski definition) is 6. The monoisotopic (exact) mass is 318 g/mol. The lowest BCUT2D eigenvalue weighted by Gasteiger charge is -2.19. The SMILES string of the molecule is Cc1nonc1COc1ccc(CCC(=O)OC(C)(C)C)cc1. The Morgan fingerprint density at radius 3 is 2.43 bits per heavy atom. The van der Waals surface area contributed by atoms with Crippen LogP contribution in [0.3, 0.4) is 0 Å². The standard InChI is InChI=1S/C17H22N2O4/c1-12-15(19-23-18-12)11-21-14-8-5-13(6-9-14)7-10-16(20)22-17(2,3)4/h5-6,8-9H,7,10-11H2,1-4H3. The Kier molecular flexibility index (Phi) is 5.36. The summed E-state index contributed by atoms with van der Waals surface area (Å²) in [6, 6.07) is 7.61. The number of aromatic nitrogens is 2. The lowest BCUT2D eigenvalue weighted by atomic mass is 10.1. The van der Waals surface area contributed by atoms with Gasteiger partial charge in [0.05, 0.1) is 0 Å². The smallest absolute Gasteiger partial charge is 0.306 e. The number of nitrogens with zero attached hydrogens (tertiary/aromatic N) is 2. The lowest BCUT2D eigenvalue weighted by molar-refractivity contribution is -0.154. The number of esters is 1. The second-order valence-corrected chi connectivity index (χ2v) is 6.32. The topological polar surface area (TPSA) is 74.5 Å². The summed E-state index contributed by atoms with van der Waals surface area (Å²) >= 11 is 0. The van der Waals surface area contributed by atoms with Crippen molar-refractivity contribution < 1.29 is 18.9 Å². The van der Waals surface area contributed by atoms with E-state index in [1.54, 1.807) is 0 Å². The Morgan fingerprint density at radius 1 is 1.17 bits per heavy atom. The quantitative estimate of drug-likeness (QED) is 0.761. The van der Waals surface area contributed by atoms with Crippen LogP contribution in [0.25, 0.3) is 0 Å². The zero-order valence-electron chi connectivity index (χ0n) is 14.0. The molecule has 0 radical (unpaired) electrons. The number of carbonyl (C=O) groups excluding carboxylic acids is 1. The largest absolute Gasteiger partial charge is 0.487 e. The normalized spacial score (nSPS) is 11.3. The Hall–Kier alpha value is -2.37. The van der Waals surface area contributed by atoms with Crippen molar-refractivity contribution in [2.75, 3.05) is 0 Å². The molecule has 1 aromatic heterocycles. The van der Waals surface area contributed by atoms with E-state index in [2.05, 4.69) is 14.9 Å². The first-order chi connectivity index (χ1) is 10.8. The molecule has 0 atom stereocenters. The first-order valence-electron chi connectivity index (χ1n) is 7.55. The van der Waals surface area contributed by atoms with Crippen LogP contribution in [-0.2, 0) is 22.6 Å². The molecule has 0 bridgehead atoms. The van der Waals surface area contributed by atoms with Crippen LogP contribution in [-0.4, -0.2) is 21.9 Å². The molecule has 0 spiro atoms.